The van der Waals surface area contributed by atoms with Crippen LogP contribution in [-0.4, -0.2) is 37.1 Å². The van der Waals surface area contributed by atoms with E-state index in [1.807, 2.05) is 56.3 Å². The number of hydrogen-bond acceptors (Lipinski definition) is 3. The zero-order valence-corrected chi connectivity index (χ0v) is 18.1. The molecule has 0 radical (unpaired) electrons. The van der Waals surface area contributed by atoms with E-state index in [-0.39, 0.29) is 18.1 Å². The molecule has 0 aliphatic carbocycles. The van der Waals surface area contributed by atoms with Crippen LogP contribution in [0.4, 0.5) is 0 Å². The summed E-state index contributed by atoms with van der Waals surface area (Å²) < 4.78 is 5.99. The molecule has 3 N–H and O–H groups in total. The van der Waals surface area contributed by atoms with E-state index in [2.05, 4.69) is 33.9 Å². The largest absolute Gasteiger partial charge is 0.488 e. The highest BCUT2D eigenvalue weighted by atomic mass is 16.5. The van der Waals surface area contributed by atoms with E-state index in [1.54, 1.807) is 0 Å². The van der Waals surface area contributed by atoms with Crippen molar-refractivity contribution in [2.45, 2.75) is 52.3 Å². The van der Waals surface area contributed by atoms with Gasteiger partial charge in [-0.25, -0.2) is 4.99 Å². The third kappa shape index (κ3) is 5.99. The van der Waals surface area contributed by atoms with Crippen molar-refractivity contribution in [1.82, 2.24) is 16.0 Å². The predicted octanol–water partition coefficient (Wildman–Crippen LogP) is 3.27. The van der Waals surface area contributed by atoms with Crippen LogP contribution in [0.2, 0.25) is 0 Å². The van der Waals surface area contributed by atoms with Crippen molar-refractivity contribution in [1.29, 1.82) is 0 Å². The average Bonchev–Trinajstić information content (AvgIpc) is 3.18. The van der Waals surface area contributed by atoms with Crippen LogP contribution in [0.15, 0.2) is 53.5 Å². The predicted molar refractivity (Wildman–Crippen MR) is 121 cm³/mol. The molecule has 2 unspecified atom stereocenters. The van der Waals surface area contributed by atoms with Gasteiger partial charge in [-0.05, 0) is 49.6 Å². The van der Waals surface area contributed by atoms with Gasteiger partial charge in [-0.1, -0.05) is 37.3 Å². The highest BCUT2D eigenvalue weighted by Gasteiger charge is 2.22. The first-order chi connectivity index (χ1) is 14.6. The molecule has 6 nitrogen and oxygen atoms in total. The molecule has 0 spiro atoms. The van der Waals surface area contributed by atoms with E-state index in [0.717, 1.165) is 36.7 Å². The lowest BCUT2D eigenvalue weighted by atomic mass is 10.1. The van der Waals surface area contributed by atoms with Crippen molar-refractivity contribution in [3.05, 3.63) is 65.2 Å². The van der Waals surface area contributed by atoms with E-state index >= 15 is 0 Å². The third-order valence-electron chi connectivity index (χ3n) is 5.15. The molecule has 0 bridgehead atoms. The van der Waals surface area contributed by atoms with Gasteiger partial charge in [0.15, 0.2) is 5.96 Å². The Balaban J connectivity index is 1.57. The molecule has 1 amide bonds. The molecule has 0 saturated carbocycles. The minimum atomic E-state index is -0.0434. The maximum Gasteiger partial charge on any atom is 0.251 e. The summed E-state index contributed by atoms with van der Waals surface area (Å²) in [6.45, 7) is 8.05. The van der Waals surface area contributed by atoms with Crippen LogP contribution < -0.4 is 20.7 Å². The van der Waals surface area contributed by atoms with Gasteiger partial charge in [-0.2, -0.15) is 0 Å². The van der Waals surface area contributed by atoms with Gasteiger partial charge in [0.05, 0.1) is 13.1 Å². The van der Waals surface area contributed by atoms with E-state index in [0.29, 0.717) is 18.7 Å². The molecule has 3 rings (SSSR count). The van der Waals surface area contributed by atoms with Gasteiger partial charge in [0, 0.05) is 24.6 Å². The average molecular weight is 409 g/mol. The number of benzene rings is 2. The van der Waals surface area contributed by atoms with Crippen LogP contribution in [0, 0.1) is 0 Å². The van der Waals surface area contributed by atoms with Crippen molar-refractivity contribution >= 4 is 11.9 Å². The second-order valence-corrected chi connectivity index (χ2v) is 7.61. The second kappa shape index (κ2) is 10.7. The maximum absolute atomic E-state index is 12.4. The first-order valence-electron chi connectivity index (χ1n) is 10.8. The van der Waals surface area contributed by atoms with Crippen LogP contribution in [0.25, 0.3) is 0 Å². The van der Waals surface area contributed by atoms with Crippen LogP contribution >= 0.6 is 0 Å². The Bertz CT molecular complexity index is 856. The number of nitrogens with one attached hydrogen (secondary N) is 3. The van der Waals surface area contributed by atoms with Gasteiger partial charge in [0.2, 0.25) is 0 Å². The molecule has 0 fully saturated rings. The molecule has 1 aliphatic rings. The minimum absolute atomic E-state index is 0.0434. The highest BCUT2D eigenvalue weighted by Crippen LogP contribution is 2.27. The van der Waals surface area contributed by atoms with Crippen LogP contribution in [-0.2, 0) is 13.0 Å². The molecule has 1 aliphatic heterocycles. The van der Waals surface area contributed by atoms with Gasteiger partial charge >= 0.3 is 0 Å². The fourth-order valence-corrected chi connectivity index (χ4v) is 3.31. The number of amides is 1. The minimum Gasteiger partial charge on any atom is -0.488 e. The molecule has 160 valence electrons. The van der Waals surface area contributed by atoms with Crippen molar-refractivity contribution < 1.29 is 9.53 Å². The normalized spacial score (nSPS) is 16.4. The number of nitrogens with zero attached hydrogens (tertiary/aromatic N) is 1. The quantitative estimate of drug-likeness (QED) is 0.463. The first-order valence-corrected chi connectivity index (χ1v) is 10.8. The number of aliphatic imine (C=N–C) groups is 1. The Morgan fingerprint density at radius 2 is 2.00 bits per heavy atom. The summed E-state index contributed by atoms with van der Waals surface area (Å²) >= 11 is 0. The topological polar surface area (TPSA) is 74.8 Å². The number of rotatable bonds is 8. The molecular formula is C24H32N4O2. The fraction of sp³-hybridized carbons (Fsp3) is 0.417. The standard InChI is InChI=1S/C24H32N4O2/c1-4-17(3)28-23(29)20-11-8-9-18(13-20)15-26-24(25-5-2)27-16-21-14-19-10-6-7-12-22(19)30-21/h6-13,17,21H,4-5,14-16H2,1-3H3,(H,28,29)(H2,25,26,27). The zero-order valence-electron chi connectivity index (χ0n) is 18.1. The van der Waals surface area contributed by atoms with Crippen molar-refractivity contribution in [3.8, 4) is 5.75 Å². The van der Waals surface area contributed by atoms with Crippen LogP contribution in [0.5, 0.6) is 5.75 Å². The third-order valence-corrected chi connectivity index (χ3v) is 5.15. The number of guanidine groups is 1. The number of para-hydroxylation sites is 1. The van der Waals surface area contributed by atoms with E-state index in [4.69, 9.17) is 4.74 Å². The zero-order chi connectivity index (χ0) is 21.3. The molecule has 30 heavy (non-hydrogen) atoms. The lowest BCUT2D eigenvalue weighted by molar-refractivity contribution is 0.0939. The van der Waals surface area contributed by atoms with E-state index < -0.39 is 0 Å². The number of carbonyl (C=O) groups excluding carboxylic acids is 1. The van der Waals surface area contributed by atoms with Crippen molar-refractivity contribution in [2.75, 3.05) is 13.1 Å². The Hall–Kier alpha value is -3.02. The monoisotopic (exact) mass is 408 g/mol. The summed E-state index contributed by atoms with van der Waals surface area (Å²) in [6, 6.07) is 16.0. The van der Waals surface area contributed by atoms with Gasteiger partial charge in [-0.15, -0.1) is 0 Å². The molecule has 6 heteroatoms. The van der Waals surface area contributed by atoms with E-state index in [9.17, 15) is 4.79 Å². The first kappa shape index (κ1) is 21.7. The molecule has 2 aromatic rings. The number of ether oxygens (including phenoxy) is 1. The lowest BCUT2D eigenvalue weighted by Crippen LogP contribution is -2.42. The number of carbonyl (C=O) groups is 1. The smallest absolute Gasteiger partial charge is 0.251 e. The Morgan fingerprint density at radius 3 is 2.77 bits per heavy atom. The van der Waals surface area contributed by atoms with Gasteiger partial charge in [0.1, 0.15) is 11.9 Å². The Kier molecular flexibility index (Phi) is 7.71. The maximum atomic E-state index is 12.4. The fourth-order valence-electron chi connectivity index (χ4n) is 3.31. The molecule has 0 aromatic heterocycles. The summed E-state index contributed by atoms with van der Waals surface area (Å²) in [6.07, 6.45) is 1.90. The van der Waals surface area contributed by atoms with Gasteiger partial charge in [-0.3, -0.25) is 4.79 Å². The van der Waals surface area contributed by atoms with Crippen molar-refractivity contribution in [3.63, 3.8) is 0 Å². The highest BCUT2D eigenvalue weighted by molar-refractivity contribution is 5.94. The van der Waals surface area contributed by atoms with E-state index in [1.165, 1.54) is 5.56 Å². The summed E-state index contributed by atoms with van der Waals surface area (Å²) in [5.41, 5.74) is 2.91. The van der Waals surface area contributed by atoms with Crippen LogP contribution in [0.3, 0.4) is 0 Å². The number of hydrogen-bond donors (Lipinski definition) is 3. The molecule has 0 saturated heterocycles. The van der Waals surface area contributed by atoms with Gasteiger partial charge < -0.3 is 20.7 Å². The Morgan fingerprint density at radius 1 is 1.17 bits per heavy atom. The SMILES string of the molecule is CCNC(=NCc1cccc(C(=O)NC(C)CC)c1)NCC1Cc2ccccc2O1. The molecule has 2 atom stereocenters. The second-order valence-electron chi connectivity index (χ2n) is 7.61. The summed E-state index contributed by atoms with van der Waals surface area (Å²) in [5, 5.41) is 9.65. The lowest BCUT2D eigenvalue weighted by Gasteiger charge is -2.15. The van der Waals surface area contributed by atoms with Crippen molar-refractivity contribution in [2.24, 2.45) is 4.99 Å². The van der Waals surface area contributed by atoms with Gasteiger partial charge in [0.25, 0.3) is 5.91 Å². The van der Waals surface area contributed by atoms with Crippen LogP contribution in [0.1, 0.15) is 48.7 Å². The molecule has 1 heterocycles. The molecular weight excluding hydrogens is 376 g/mol. The molecule has 2 aromatic carbocycles. The Labute approximate surface area is 179 Å². The summed E-state index contributed by atoms with van der Waals surface area (Å²) in [5.74, 6) is 1.67. The summed E-state index contributed by atoms with van der Waals surface area (Å²) in [7, 11) is 0. The number of fused-ring (bicyclic) bond motifs is 1. The summed E-state index contributed by atoms with van der Waals surface area (Å²) in [4.78, 5) is 17.0.